The van der Waals surface area contributed by atoms with E-state index in [-0.39, 0.29) is 22.2 Å². The third kappa shape index (κ3) is 3.81. The summed E-state index contributed by atoms with van der Waals surface area (Å²) >= 11 is 10.9. The van der Waals surface area contributed by atoms with Crippen LogP contribution in [0.25, 0.3) is 0 Å². The Bertz CT molecular complexity index is 704. The zero-order chi connectivity index (χ0) is 15.6. The summed E-state index contributed by atoms with van der Waals surface area (Å²) in [5.41, 5.74) is 0.946. The van der Waals surface area contributed by atoms with E-state index in [4.69, 9.17) is 11.6 Å². The Morgan fingerprint density at radius 1 is 1.48 bits per heavy atom. The van der Waals surface area contributed by atoms with E-state index in [0.717, 1.165) is 9.35 Å². The highest BCUT2D eigenvalue weighted by molar-refractivity contribution is 9.11. The second kappa shape index (κ2) is 6.55. The third-order valence-corrected chi connectivity index (χ3v) is 4.66. The molecule has 110 valence electrons. The fraction of sp³-hybridized carbons (Fsp3) is 0.154. The second-order valence-electron chi connectivity index (χ2n) is 4.34. The summed E-state index contributed by atoms with van der Waals surface area (Å²) in [6, 6.07) is 5.76. The first-order valence-electron chi connectivity index (χ1n) is 5.81. The van der Waals surface area contributed by atoms with Crippen LogP contribution in [0.1, 0.15) is 15.9 Å². The Morgan fingerprint density at radius 3 is 2.76 bits per heavy atom. The maximum atomic E-state index is 12.4. The lowest BCUT2D eigenvalue weighted by molar-refractivity contribution is -0.384. The number of hydrogen-bond acceptors (Lipinski definition) is 4. The lowest BCUT2D eigenvalue weighted by atomic mass is 10.1. The summed E-state index contributed by atoms with van der Waals surface area (Å²) in [6.07, 6.45) is 0. The Hall–Kier alpha value is -1.44. The van der Waals surface area contributed by atoms with Crippen molar-refractivity contribution in [3.05, 3.63) is 59.7 Å². The first kappa shape index (κ1) is 15.9. The van der Waals surface area contributed by atoms with E-state index in [1.54, 1.807) is 7.05 Å². The molecule has 0 bridgehead atoms. The molecule has 1 heterocycles. The van der Waals surface area contributed by atoms with Gasteiger partial charge in [-0.25, -0.2) is 0 Å². The largest absolute Gasteiger partial charge is 0.337 e. The maximum absolute atomic E-state index is 12.4. The van der Waals surface area contributed by atoms with Gasteiger partial charge in [0.05, 0.1) is 19.3 Å². The molecular weight excluding hydrogens is 380 g/mol. The van der Waals surface area contributed by atoms with Gasteiger partial charge in [0.1, 0.15) is 0 Å². The van der Waals surface area contributed by atoms with Gasteiger partial charge in [0, 0.05) is 25.7 Å². The number of nitrogens with zero attached hydrogens (tertiary/aromatic N) is 2. The van der Waals surface area contributed by atoms with Crippen LogP contribution in [0.4, 0.5) is 5.69 Å². The van der Waals surface area contributed by atoms with Gasteiger partial charge in [-0.15, -0.1) is 11.3 Å². The number of carbonyl (C=O) groups is 1. The van der Waals surface area contributed by atoms with Crippen LogP contribution in [0.3, 0.4) is 0 Å². The van der Waals surface area contributed by atoms with Crippen LogP contribution < -0.4 is 0 Å². The molecule has 0 atom stereocenters. The number of benzene rings is 1. The molecule has 5 nitrogen and oxygen atoms in total. The molecule has 2 aromatic rings. The SMILES string of the molecule is CN(Cc1csc(Br)c1)C(=O)c1cc([N+](=O)[O-])ccc1Cl. The highest BCUT2D eigenvalue weighted by atomic mass is 79.9. The second-order valence-corrected chi connectivity index (χ2v) is 7.04. The van der Waals surface area contributed by atoms with Crippen LogP contribution in [-0.2, 0) is 6.54 Å². The molecule has 1 aromatic heterocycles. The smallest absolute Gasteiger partial charge is 0.270 e. The third-order valence-electron chi connectivity index (χ3n) is 2.78. The minimum Gasteiger partial charge on any atom is -0.337 e. The molecule has 2 rings (SSSR count). The van der Waals surface area contributed by atoms with Crippen LogP contribution in [0.2, 0.25) is 5.02 Å². The van der Waals surface area contributed by atoms with Crippen molar-refractivity contribution in [1.82, 2.24) is 4.90 Å². The fourth-order valence-electron chi connectivity index (χ4n) is 1.77. The molecule has 0 unspecified atom stereocenters. The van der Waals surface area contributed by atoms with Crippen molar-refractivity contribution in [2.24, 2.45) is 0 Å². The summed E-state index contributed by atoms with van der Waals surface area (Å²) in [5, 5.41) is 12.9. The standard InChI is InChI=1S/C13H10BrClN2O3S/c1-16(6-8-4-12(14)21-7-8)13(18)10-5-9(17(19)20)2-3-11(10)15/h2-5,7H,6H2,1H3. The highest BCUT2D eigenvalue weighted by Crippen LogP contribution is 2.25. The van der Waals surface area contributed by atoms with Crippen molar-refractivity contribution in [2.75, 3.05) is 7.05 Å². The van der Waals surface area contributed by atoms with Gasteiger partial charge in [-0.05, 0) is 39.0 Å². The van der Waals surface area contributed by atoms with Crippen LogP contribution >= 0.6 is 38.9 Å². The average Bonchev–Trinajstić information content (AvgIpc) is 2.83. The molecule has 1 aromatic carbocycles. The van der Waals surface area contributed by atoms with E-state index in [2.05, 4.69) is 15.9 Å². The number of carbonyl (C=O) groups excluding carboxylic acids is 1. The van der Waals surface area contributed by atoms with Gasteiger partial charge in [-0.2, -0.15) is 0 Å². The summed E-state index contributed by atoms with van der Waals surface area (Å²) in [7, 11) is 1.63. The Morgan fingerprint density at radius 2 is 2.19 bits per heavy atom. The molecule has 0 saturated heterocycles. The van der Waals surface area contributed by atoms with E-state index < -0.39 is 4.92 Å². The Balaban J connectivity index is 2.22. The number of non-ortho nitro benzene ring substituents is 1. The van der Waals surface area contributed by atoms with Gasteiger partial charge in [-0.1, -0.05) is 11.6 Å². The number of halogens is 2. The lowest BCUT2D eigenvalue weighted by Gasteiger charge is -2.17. The van der Waals surface area contributed by atoms with Gasteiger partial charge in [0.2, 0.25) is 0 Å². The van der Waals surface area contributed by atoms with Crippen LogP contribution in [-0.4, -0.2) is 22.8 Å². The average molecular weight is 390 g/mol. The minimum atomic E-state index is -0.552. The van der Waals surface area contributed by atoms with Crippen molar-refractivity contribution in [3.8, 4) is 0 Å². The van der Waals surface area contributed by atoms with Gasteiger partial charge < -0.3 is 4.90 Å². The molecular formula is C13H10BrClN2O3S. The van der Waals surface area contributed by atoms with E-state index >= 15 is 0 Å². The van der Waals surface area contributed by atoms with E-state index in [1.807, 2.05) is 11.4 Å². The Labute approximate surface area is 138 Å². The van der Waals surface area contributed by atoms with Crippen LogP contribution in [0.5, 0.6) is 0 Å². The molecule has 0 aliphatic rings. The first-order chi connectivity index (χ1) is 9.88. The predicted octanol–water partition coefficient (Wildman–Crippen LogP) is 4.34. The predicted molar refractivity (Wildman–Crippen MR) is 85.9 cm³/mol. The van der Waals surface area contributed by atoms with Gasteiger partial charge in [-0.3, -0.25) is 14.9 Å². The lowest BCUT2D eigenvalue weighted by Crippen LogP contribution is -2.26. The summed E-state index contributed by atoms with van der Waals surface area (Å²) in [6.45, 7) is 0.403. The normalized spacial score (nSPS) is 10.4. The quantitative estimate of drug-likeness (QED) is 0.577. The number of hydrogen-bond donors (Lipinski definition) is 0. The molecule has 0 fully saturated rings. The maximum Gasteiger partial charge on any atom is 0.270 e. The molecule has 21 heavy (non-hydrogen) atoms. The zero-order valence-corrected chi connectivity index (χ0v) is 14.0. The van der Waals surface area contributed by atoms with Gasteiger partial charge in [0.25, 0.3) is 11.6 Å². The van der Waals surface area contributed by atoms with Crippen molar-refractivity contribution in [1.29, 1.82) is 0 Å². The van der Waals surface area contributed by atoms with Crippen molar-refractivity contribution in [3.63, 3.8) is 0 Å². The van der Waals surface area contributed by atoms with Gasteiger partial charge >= 0.3 is 0 Å². The fourth-order valence-corrected chi connectivity index (χ4v) is 3.17. The molecule has 0 spiro atoms. The highest BCUT2D eigenvalue weighted by Gasteiger charge is 2.19. The van der Waals surface area contributed by atoms with Crippen molar-refractivity contribution >= 4 is 50.5 Å². The molecule has 0 N–H and O–H groups in total. The molecule has 8 heteroatoms. The number of amides is 1. The van der Waals surface area contributed by atoms with Crippen LogP contribution in [0, 0.1) is 10.1 Å². The number of nitro groups is 1. The number of thiophene rings is 1. The zero-order valence-electron chi connectivity index (χ0n) is 10.9. The molecule has 0 saturated carbocycles. The molecule has 0 radical (unpaired) electrons. The number of nitro benzene ring substituents is 1. The van der Waals surface area contributed by atoms with Crippen molar-refractivity contribution in [2.45, 2.75) is 6.54 Å². The Kier molecular flexibility index (Phi) is 4.97. The van der Waals surface area contributed by atoms with E-state index in [1.165, 1.54) is 34.4 Å². The molecule has 0 aliphatic heterocycles. The van der Waals surface area contributed by atoms with Gasteiger partial charge in [0.15, 0.2) is 0 Å². The van der Waals surface area contributed by atoms with E-state index in [9.17, 15) is 14.9 Å². The van der Waals surface area contributed by atoms with E-state index in [0.29, 0.717) is 6.54 Å². The minimum absolute atomic E-state index is 0.127. The molecule has 1 amide bonds. The summed E-state index contributed by atoms with van der Waals surface area (Å²) < 4.78 is 0.978. The summed E-state index contributed by atoms with van der Waals surface area (Å²) in [5.74, 6) is -0.356. The topological polar surface area (TPSA) is 63.5 Å². The number of rotatable bonds is 4. The monoisotopic (exact) mass is 388 g/mol. The van der Waals surface area contributed by atoms with Crippen LogP contribution in [0.15, 0.2) is 33.4 Å². The first-order valence-corrected chi connectivity index (χ1v) is 7.86. The summed E-state index contributed by atoms with van der Waals surface area (Å²) in [4.78, 5) is 24.1. The molecule has 0 aliphatic carbocycles. The van der Waals surface area contributed by atoms with Crippen molar-refractivity contribution < 1.29 is 9.72 Å².